The summed E-state index contributed by atoms with van der Waals surface area (Å²) < 4.78 is 0. The minimum absolute atomic E-state index is 0.0676. The highest BCUT2D eigenvalue weighted by Crippen LogP contribution is 2.26. The fraction of sp³-hybridized carbons (Fsp3) is 0.143. The minimum Gasteiger partial charge on any atom is -0.506 e. The molecule has 5 nitrogen and oxygen atoms in total. The van der Waals surface area contributed by atoms with Crippen LogP contribution in [0.4, 0.5) is 0 Å². The highest BCUT2D eigenvalue weighted by molar-refractivity contribution is 6.32. The number of carbonyl (C=O) groups excluding carboxylic acids is 1. The molecule has 1 aliphatic rings. The number of rotatable bonds is 5. The van der Waals surface area contributed by atoms with Gasteiger partial charge in [-0.15, -0.1) is 0 Å². The van der Waals surface area contributed by atoms with Gasteiger partial charge in [0.1, 0.15) is 5.75 Å². The van der Waals surface area contributed by atoms with Crippen molar-refractivity contribution in [2.45, 2.75) is 19.5 Å². The standard InChI is InChI=1S/C28H24ClN3O2/c29-26-15-20(11-12-27(26)33)28(34)31-30-16-21-9-10-23(25-8-4-3-7-24(21)25)18-32-14-13-19-5-1-2-6-22(19)17-32/h1-12,15-16,33H,13-14,17-18H2,(H,31,34)/b30-16+. The average molecular weight is 470 g/mol. The molecule has 0 unspecified atom stereocenters. The monoisotopic (exact) mass is 469 g/mol. The van der Waals surface area contributed by atoms with Crippen molar-refractivity contribution in [3.63, 3.8) is 0 Å². The van der Waals surface area contributed by atoms with Gasteiger partial charge in [-0.25, -0.2) is 5.43 Å². The van der Waals surface area contributed by atoms with E-state index < -0.39 is 5.91 Å². The van der Waals surface area contributed by atoms with E-state index in [-0.39, 0.29) is 10.8 Å². The highest BCUT2D eigenvalue weighted by Gasteiger charge is 2.17. The maximum absolute atomic E-state index is 12.4. The van der Waals surface area contributed by atoms with Gasteiger partial charge in [0, 0.05) is 30.8 Å². The lowest BCUT2D eigenvalue weighted by molar-refractivity contribution is 0.0955. The molecule has 1 amide bonds. The van der Waals surface area contributed by atoms with Gasteiger partial charge in [0.15, 0.2) is 0 Å². The molecule has 1 aliphatic heterocycles. The summed E-state index contributed by atoms with van der Waals surface area (Å²) in [6, 6.07) is 25.4. The number of aromatic hydroxyl groups is 1. The third-order valence-electron chi connectivity index (χ3n) is 6.23. The van der Waals surface area contributed by atoms with Crippen LogP contribution in [0.15, 0.2) is 84.0 Å². The Bertz CT molecular complexity index is 1400. The van der Waals surface area contributed by atoms with Crippen molar-refractivity contribution in [2.24, 2.45) is 5.10 Å². The number of benzene rings is 4. The van der Waals surface area contributed by atoms with Gasteiger partial charge in [0.2, 0.25) is 0 Å². The molecule has 0 aliphatic carbocycles. The molecule has 4 aromatic rings. The molecular formula is C28H24ClN3O2. The van der Waals surface area contributed by atoms with Crippen LogP contribution in [0.3, 0.4) is 0 Å². The first-order chi connectivity index (χ1) is 16.6. The summed E-state index contributed by atoms with van der Waals surface area (Å²) in [4.78, 5) is 14.8. The molecule has 170 valence electrons. The van der Waals surface area contributed by atoms with Gasteiger partial charge in [-0.2, -0.15) is 5.10 Å². The summed E-state index contributed by atoms with van der Waals surface area (Å²) in [5.41, 5.74) is 7.91. The Morgan fingerprint density at radius 2 is 1.76 bits per heavy atom. The number of halogens is 1. The number of phenolic OH excluding ortho intramolecular Hbond substituents is 1. The molecule has 0 aromatic heterocycles. The molecule has 2 N–H and O–H groups in total. The van der Waals surface area contributed by atoms with E-state index in [9.17, 15) is 9.90 Å². The fourth-order valence-electron chi connectivity index (χ4n) is 4.44. The summed E-state index contributed by atoms with van der Waals surface area (Å²) in [5.74, 6) is -0.466. The number of hydrogen-bond donors (Lipinski definition) is 2. The number of carbonyl (C=O) groups is 1. The quantitative estimate of drug-likeness (QED) is 0.299. The lowest BCUT2D eigenvalue weighted by atomic mass is 9.97. The second-order valence-corrected chi connectivity index (χ2v) is 8.86. The molecule has 0 saturated heterocycles. The smallest absolute Gasteiger partial charge is 0.271 e. The van der Waals surface area contributed by atoms with Crippen LogP contribution in [0.25, 0.3) is 10.8 Å². The Balaban J connectivity index is 1.33. The van der Waals surface area contributed by atoms with Crippen molar-refractivity contribution >= 4 is 34.5 Å². The zero-order valence-electron chi connectivity index (χ0n) is 18.5. The summed E-state index contributed by atoms with van der Waals surface area (Å²) >= 11 is 5.89. The topological polar surface area (TPSA) is 64.9 Å². The zero-order chi connectivity index (χ0) is 23.5. The first-order valence-electron chi connectivity index (χ1n) is 11.2. The molecule has 0 spiro atoms. The Morgan fingerprint density at radius 1 is 1.00 bits per heavy atom. The van der Waals surface area contributed by atoms with Gasteiger partial charge in [0.05, 0.1) is 11.2 Å². The van der Waals surface area contributed by atoms with E-state index in [1.54, 1.807) is 6.21 Å². The number of amides is 1. The fourth-order valence-corrected chi connectivity index (χ4v) is 4.62. The second kappa shape index (κ2) is 9.67. The van der Waals surface area contributed by atoms with E-state index in [1.165, 1.54) is 40.3 Å². The van der Waals surface area contributed by atoms with Gasteiger partial charge in [-0.3, -0.25) is 9.69 Å². The predicted octanol–water partition coefficient (Wildman–Crippen LogP) is 5.52. The van der Waals surface area contributed by atoms with Crippen molar-refractivity contribution in [1.82, 2.24) is 10.3 Å². The molecular weight excluding hydrogens is 446 g/mol. The van der Waals surface area contributed by atoms with Crippen molar-refractivity contribution in [1.29, 1.82) is 0 Å². The van der Waals surface area contributed by atoms with Crippen molar-refractivity contribution in [3.05, 3.63) is 112 Å². The van der Waals surface area contributed by atoms with Crippen LogP contribution in [0.1, 0.15) is 32.6 Å². The van der Waals surface area contributed by atoms with Gasteiger partial charge >= 0.3 is 0 Å². The number of nitrogens with zero attached hydrogens (tertiary/aromatic N) is 2. The van der Waals surface area contributed by atoms with Crippen LogP contribution < -0.4 is 5.43 Å². The second-order valence-electron chi connectivity index (χ2n) is 8.45. The summed E-state index contributed by atoms with van der Waals surface area (Å²) in [6.45, 7) is 2.88. The molecule has 1 heterocycles. The Kier molecular flexibility index (Phi) is 6.30. The lowest BCUT2D eigenvalue weighted by Crippen LogP contribution is -2.30. The molecule has 0 saturated carbocycles. The molecule has 5 rings (SSSR count). The van der Waals surface area contributed by atoms with Crippen molar-refractivity contribution in [2.75, 3.05) is 6.54 Å². The Morgan fingerprint density at radius 3 is 2.59 bits per heavy atom. The van der Waals surface area contributed by atoms with E-state index >= 15 is 0 Å². The lowest BCUT2D eigenvalue weighted by Gasteiger charge is -2.29. The largest absolute Gasteiger partial charge is 0.506 e. The Hall–Kier alpha value is -3.67. The molecule has 34 heavy (non-hydrogen) atoms. The third-order valence-corrected chi connectivity index (χ3v) is 6.53. The zero-order valence-corrected chi connectivity index (χ0v) is 19.3. The minimum atomic E-state index is -0.399. The van der Waals surface area contributed by atoms with Gasteiger partial charge < -0.3 is 5.11 Å². The van der Waals surface area contributed by atoms with Crippen molar-refractivity contribution in [3.8, 4) is 5.75 Å². The number of phenols is 1. The van der Waals surface area contributed by atoms with Crippen molar-refractivity contribution < 1.29 is 9.90 Å². The normalized spacial score (nSPS) is 13.8. The highest BCUT2D eigenvalue weighted by atomic mass is 35.5. The van der Waals surface area contributed by atoms with E-state index in [0.29, 0.717) is 5.56 Å². The van der Waals surface area contributed by atoms with E-state index in [2.05, 4.69) is 64.0 Å². The first kappa shape index (κ1) is 22.1. The predicted molar refractivity (Wildman–Crippen MR) is 136 cm³/mol. The third kappa shape index (κ3) is 4.67. The van der Waals surface area contributed by atoms with Gasteiger partial charge in [-0.05, 0) is 52.1 Å². The Labute approximate surface area is 203 Å². The maximum Gasteiger partial charge on any atom is 0.271 e. The number of hydrazone groups is 1. The van der Waals surface area contributed by atoms with Crippen LogP contribution >= 0.6 is 11.6 Å². The summed E-state index contributed by atoms with van der Waals surface area (Å²) in [6.07, 6.45) is 2.73. The van der Waals surface area contributed by atoms with E-state index in [4.69, 9.17) is 11.6 Å². The van der Waals surface area contributed by atoms with Crippen LogP contribution in [-0.4, -0.2) is 28.7 Å². The van der Waals surface area contributed by atoms with Crippen LogP contribution in [-0.2, 0) is 19.5 Å². The van der Waals surface area contributed by atoms with Gasteiger partial charge in [-0.1, -0.05) is 72.3 Å². The molecule has 6 heteroatoms. The summed E-state index contributed by atoms with van der Waals surface area (Å²) in [7, 11) is 0. The van der Waals surface area contributed by atoms with Crippen LogP contribution in [0.5, 0.6) is 5.75 Å². The average Bonchev–Trinajstić information content (AvgIpc) is 2.86. The molecule has 0 fully saturated rings. The maximum atomic E-state index is 12.4. The number of fused-ring (bicyclic) bond motifs is 2. The first-order valence-corrected chi connectivity index (χ1v) is 11.6. The van der Waals surface area contributed by atoms with Crippen LogP contribution in [0.2, 0.25) is 5.02 Å². The van der Waals surface area contributed by atoms with E-state index in [0.717, 1.165) is 37.0 Å². The molecule has 0 bridgehead atoms. The van der Waals surface area contributed by atoms with E-state index in [1.807, 2.05) is 12.1 Å². The molecule has 0 atom stereocenters. The number of nitrogens with one attached hydrogen (secondary N) is 1. The number of hydrogen-bond acceptors (Lipinski definition) is 4. The van der Waals surface area contributed by atoms with Crippen LogP contribution in [0, 0.1) is 0 Å². The molecule has 4 aromatic carbocycles. The SMILES string of the molecule is O=C(N/N=C/c1ccc(CN2CCc3ccccc3C2)c2ccccc12)c1ccc(O)c(Cl)c1. The summed E-state index contributed by atoms with van der Waals surface area (Å²) in [5, 5.41) is 16.1. The van der Waals surface area contributed by atoms with Gasteiger partial charge in [0.25, 0.3) is 5.91 Å². The molecule has 0 radical (unpaired) electrons.